The molecule has 0 bridgehead atoms. The molecule has 1 aliphatic rings. The van der Waals surface area contributed by atoms with E-state index in [0.717, 1.165) is 11.3 Å². The van der Waals surface area contributed by atoms with Gasteiger partial charge in [0.1, 0.15) is 11.6 Å². The molecule has 0 N–H and O–H groups in total. The van der Waals surface area contributed by atoms with Crippen molar-refractivity contribution >= 4 is 11.7 Å². The highest BCUT2D eigenvalue weighted by atomic mass is 16.7. The molecule has 0 radical (unpaired) electrons. The van der Waals surface area contributed by atoms with Crippen molar-refractivity contribution in [3.63, 3.8) is 0 Å². The molecular weight excluding hydrogens is 202 g/mol. The molecule has 0 saturated heterocycles. The van der Waals surface area contributed by atoms with Crippen molar-refractivity contribution in [3.8, 4) is 0 Å². The van der Waals surface area contributed by atoms with Crippen LogP contribution >= 0.6 is 0 Å². The first-order valence-electron chi connectivity index (χ1n) is 5.34. The zero-order chi connectivity index (χ0) is 11.8. The molecule has 0 aromatic heterocycles. The quantitative estimate of drug-likeness (QED) is 0.678. The predicted molar refractivity (Wildman–Crippen MR) is 62.0 cm³/mol. The number of benzene rings is 1. The SMILES string of the molecule is CC(C)(C)C1C(=O)ON=C1c1ccccc1. The Morgan fingerprint density at radius 3 is 2.38 bits per heavy atom. The largest absolute Gasteiger partial charge is 0.344 e. The molecule has 1 atom stereocenters. The summed E-state index contributed by atoms with van der Waals surface area (Å²) in [6, 6.07) is 9.69. The van der Waals surface area contributed by atoms with E-state index in [4.69, 9.17) is 4.84 Å². The maximum absolute atomic E-state index is 11.7. The van der Waals surface area contributed by atoms with Crippen molar-refractivity contribution < 1.29 is 9.63 Å². The number of carbonyl (C=O) groups is 1. The van der Waals surface area contributed by atoms with Crippen LogP contribution in [0.1, 0.15) is 26.3 Å². The molecule has 3 nitrogen and oxygen atoms in total. The summed E-state index contributed by atoms with van der Waals surface area (Å²) in [6.45, 7) is 6.05. The van der Waals surface area contributed by atoms with Crippen molar-refractivity contribution in [2.75, 3.05) is 0 Å². The van der Waals surface area contributed by atoms with E-state index >= 15 is 0 Å². The molecule has 1 aromatic rings. The fourth-order valence-corrected chi connectivity index (χ4v) is 1.90. The van der Waals surface area contributed by atoms with E-state index in [1.54, 1.807) is 0 Å². The number of hydrogen-bond donors (Lipinski definition) is 0. The van der Waals surface area contributed by atoms with Crippen LogP contribution < -0.4 is 0 Å². The lowest BCUT2D eigenvalue weighted by atomic mass is 9.76. The smallest absolute Gasteiger partial charge is 0.317 e. The van der Waals surface area contributed by atoms with E-state index in [1.807, 2.05) is 51.1 Å². The summed E-state index contributed by atoms with van der Waals surface area (Å²) in [5.74, 6) is -0.541. The van der Waals surface area contributed by atoms with Crippen LogP contribution in [0.25, 0.3) is 0 Å². The molecule has 0 spiro atoms. The van der Waals surface area contributed by atoms with Gasteiger partial charge in [0.2, 0.25) is 0 Å². The summed E-state index contributed by atoms with van der Waals surface area (Å²) in [5.41, 5.74) is 1.51. The standard InChI is InChI=1S/C13H15NO2/c1-13(2,3)10-11(14-16-12(10)15)9-7-5-4-6-8-9/h4-8,10H,1-3H3. The Balaban J connectivity index is 2.39. The molecule has 1 aromatic carbocycles. The molecular formula is C13H15NO2. The van der Waals surface area contributed by atoms with Crippen LogP contribution in [-0.2, 0) is 9.63 Å². The Morgan fingerprint density at radius 1 is 1.19 bits per heavy atom. The average molecular weight is 217 g/mol. The Labute approximate surface area is 95.1 Å². The highest BCUT2D eigenvalue weighted by Crippen LogP contribution is 2.33. The van der Waals surface area contributed by atoms with E-state index in [-0.39, 0.29) is 17.3 Å². The van der Waals surface area contributed by atoms with Crippen molar-refractivity contribution in [1.29, 1.82) is 0 Å². The van der Waals surface area contributed by atoms with E-state index in [2.05, 4.69) is 5.16 Å². The highest BCUT2D eigenvalue weighted by molar-refractivity contribution is 6.14. The Hall–Kier alpha value is -1.64. The zero-order valence-corrected chi connectivity index (χ0v) is 9.73. The predicted octanol–water partition coefficient (Wildman–Crippen LogP) is 2.61. The number of rotatable bonds is 1. The summed E-state index contributed by atoms with van der Waals surface area (Å²) in [5, 5.41) is 3.90. The minimum absolute atomic E-state index is 0.178. The van der Waals surface area contributed by atoms with Gasteiger partial charge in [-0.15, -0.1) is 0 Å². The first-order valence-corrected chi connectivity index (χ1v) is 5.34. The van der Waals surface area contributed by atoms with Crippen molar-refractivity contribution in [1.82, 2.24) is 0 Å². The maximum Gasteiger partial charge on any atom is 0.344 e. The third-order valence-corrected chi connectivity index (χ3v) is 2.68. The van der Waals surface area contributed by atoms with Crippen molar-refractivity contribution in [2.24, 2.45) is 16.5 Å². The fraction of sp³-hybridized carbons (Fsp3) is 0.385. The van der Waals surface area contributed by atoms with E-state index < -0.39 is 0 Å². The molecule has 1 aliphatic heterocycles. The molecule has 16 heavy (non-hydrogen) atoms. The van der Waals surface area contributed by atoms with Gasteiger partial charge in [-0.25, -0.2) is 4.79 Å². The molecule has 0 saturated carbocycles. The Morgan fingerprint density at radius 2 is 1.81 bits per heavy atom. The molecule has 0 fully saturated rings. The Bertz CT molecular complexity index is 429. The molecule has 1 heterocycles. The summed E-state index contributed by atoms with van der Waals surface area (Å²) >= 11 is 0. The summed E-state index contributed by atoms with van der Waals surface area (Å²) in [6.07, 6.45) is 0. The van der Waals surface area contributed by atoms with Gasteiger partial charge in [0.05, 0.1) is 0 Å². The summed E-state index contributed by atoms with van der Waals surface area (Å²) in [7, 11) is 0. The molecule has 2 rings (SSSR count). The van der Waals surface area contributed by atoms with Crippen LogP contribution in [0.5, 0.6) is 0 Å². The van der Waals surface area contributed by atoms with Gasteiger partial charge in [-0.2, -0.15) is 0 Å². The second-order valence-electron chi connectivity index (χ2n) is 5.05. The van der Waals surface area contributed by atoms with Gasteiger partial charge in [-0.1, -0.05) is 56.3 Å². The molecule has 0 aliphatic carbocycles. The second kappa shape index (κ2) is 3.74. The van der Waals surface area contributed by atoms with Crippen LogP contribution in [-0.4, -0.2) is 11.7 Å². The Kier molecular flexibility index (Phi) is 2.54. The van der Waals surface area contributed by atoms with Gasteiger partial charge in [0.25, 0.3) is 0 Å². The van der Waals surface area contributed by atoms with Crippen LogP contribution in [0.2, 0.25) is 0 Å². The van der Waals surface area contributed by atoms with Gasteiger partial charge in [0, 0.05) is 5.56 Å². The second-order valence-corrected chi connectivity index (χ2v) is 5.05. The first-order chi connectivity index (χ1) is 7.50. The van der Waals surface area contributed by atoms with Gasteiger partial charge < -0.3 is 4.84 Å². The topological polar surface area (TPSA) is 38.7 Å². The molecule has 0 amide bonds. The lowest BCUT2D eigenvalue weighted by Gasteiger charge is -2.24. The van der Waals surface area contributed by atoms with Gasteiger partial charge in [-0.05, 0) is 5.41 Å². The summed E-state index contributed by atoms with van der Waals surface area (Å²) < 4.78 is 0. The van der Waals surface area contributed by atoms with Crippen molar-refractivity contribution in [2.45, 2.75) is 20.8 Å². The third-order valence-electron chi connectivity index (χ3n) is 2.68. The van der Waals surface area contributed by atoms with E-state index in [9.17, 15) is 4.79 Å². The lowest BCUT2D eigenvalue weighted by Crippen LogP contribution is -2.32. The van der Waals surface area contributed by atoms with Crippen LogP contribution in [0.15, 0.2) is 35.5 Å². The molecule has 3 heteroatoms. The van der Waals surface area contributed by atoms with Gasteiger partial charge in [0.15, 0.2) is 0 Å². The van der Waals surface area contributed by atoms with Crippen LogP contribution in [0, 0.1) is 11.3 Å². The van der Waals surface area contributed by atoms with E-state index in [0.29, 0.717) is 0 Å². The average Bonchev–Trinajstić information content (AvgIpc) is 2.61. The number of hydrogen-bond acceptors (Lipinski definition) is 3. The lowest BCUT2D eigenvalue weighted by molar-refractivity contribution is -0.145. The monoisotopic (exact) mass is 217 g/mol. The number of carbonyl (C=O) groups excluding carboxylic acids is 1. The first kappa shape index (κ1) is 10.9. The number of oxime groups is 1. The molecule has 1 unspecified atom stereocenters. The van der Waals surface area contributed by atoms with Crippen molar-refractivity contribution in [3.05, 3.63) is 35.9 Å². The van der Waals surface area contributed by atoms with E-state index in [1.165, 1.54) is 0 Å². The molecule has 84 valence electrons. The summed E-state index contributed by atoms with van der Waals surface area (Å²) in [4.78, 5) is 16.5. The van der Waals surface area contributed by atoms with Crippen LogP contribution in [0.4, 0.5) is 0 Å². The zero-order valence-electron chi connectivity index (χ0n) is 9.73. The maximum atomic E-state index is 11.7. The van der Waals surface area contributed by atoms with Crippen LogP contribution in [0.3, 0.4) is 0 Å². The van der Waals surface area contributed by atoms with Gasteiger partial charge in [-0.3, -0.25) is 0 Å². The normalized spacial score (nSPS) is 20.6. The fourth-order valence-electron chi connectivity index (χ4n) is 1.90. The highest BCUT2D eigenvalue weighted by Gasteiger charge is 2.42. The third kappa shape index (κ3) is 1.85. The minimum Gasteiger partial charge on any atom is -0.317 e. The van der Waals surface area contributed by atoms with Gasteiger partial charge >= 0.3 is 5.97 Å². The minimum atomic E-state index is -0.283. The number of nitrogens with zero attached hydrogens (tertiary/aromatic N) is 1.